The normalized spacial score (nSPS) is 14.7. The second-order valence-electron chi connectivity index (χ2n) is 9.39. The molecule has 0 atom stereocenters. The van der Waals surface area contributed by atoms with Crippen LogP contribution in [0.15, 0.2) is 84.4 Å². The van der Waals surface area contributed by atoms with Crippen molar-refractivity contribution in [2.45, 2.75) is 46.0 Å². The fourth-order valence-electron chi connectivity index (χ4n) is 4.86. The molecule has 0 aliphatic carbocycles. The van der Waals surface area contributed by atoms with E-state index in [0.29, 0.717) is 12.4 Å². The van der Waals surface area contributed by atoms with Gasteiger partial charge in [0.15, 0.2) is 0 Å². The van der Waals surface area contributed by atoms with E-state index >= 15 is 0 Å². The van der Waals surface area contributed by atoms with Crippen LogP contribution >= 0.6 is 0 Å². The van der Waals surface area contributed by atoms with E-state index in [1.54, 1.807) is 0 Å². The van der Waals surface area contributed by atoms with Crippen molar-refractivity contribution in [1.29, 1.82) is 0 Å². The molecule has 0 saturated carbocycles. The summed E-state index contributed by atoms with van der Waals surface area (Å²) < 4.78 is 11.3. The van der Waals surface area contributed by atoms with E-state index in [4.69, 9.17) is 9.47 Å². The van der Waals surface area contributed by atoms with Crippen molar-refractivity contribution in [1.82, 2.24) is 4.90 Å². The largest absolute Gasteiger partial charge is 0.492 e. The zero-order valence-corrected chi connectivity index (χ0v) is 21.5. The molecule has 1 heterocycles. The van der Waals surface area contributed by atoms with Crippen LogP contribution in [0.3, 0.4) is 0 Å². The van der Waals surface area contributed by atoms with Crippen LogP contribution in [0.1, 0.15) is 56.2 Å². The third-order valence-corrected chi connectivity index (χ3v) is 6.71. The third-order valence-electron chi connectivity index (χ3n) is 6.71. The molecule has 36 heavy (non-hydrogen) atoms. The van der Waals surface area contributed by atoms with E-state index in [0.717, 1.165) is 36.3 Å². The standard InChI is InChI=1S/C32H37NO3/c1-3-27(24-26-10-6-4-7-11-26)32(29-14-18-31(19-15-29)36-25(2)34)28-12-16-30(17-13-28)35-23-22-33-20-8-5-9-21-33/h4,6-7,10-19H,3,5,8-9,20-24H2,1-2H3/b32-27-. The Morgan fingerprint density at radius 2 is 1.42 bits per heavy atom. The van der Waals surface area contributed by atoms with E-state index in [2.05, 4.69) is 66.4 Å². The average Bonchev–Trinajstić information content (AvgIpc) is 2.91. The van der Waals surface area contributed by atoms with Crippen molar-refractivity contribution in [2.75, 3.05) is 26.2 Å². The summed E-state index contributed by atoms with van der Waals surface area (Å²) in [6, 6.07) is 26.9. The topological polar surface area (TPSA) is 38.8 Å². The molecule has 188 valence electrons. The molecular formula is C32H37NO3. The van der Waals surface area contributed by atoms with Crippen molar-refractivity contribution < 1.29 is 14.3 Å². The Bertz CT molecular complexity index is 1130. The minimum absolute atomic E-state index is 0.312. The summed E-state index contributed by atoms with van der Waals surface area (Å²) in [5.74, 6) is 1.15. The first-order valence-electron chi connectivity index (χ1n) is 13.1. The van der Waals surface area contributed by atoms with Gasteiger partial charge in [-0.2, -0.15) is 0 Å². The van der Waals surface area contributed by atoms with Gasteiger partial charge < -0.3 is 9.47 Å². The van der Waals surface area contributed by atoms with Gasteiger partial charge in [0.25, 0.3) is 0 Å². The number of rotatable bonds is 10. The zero-order valence-electron chi connectivity index (χ0n) is 21.5. The van der Waals surface area contributed by atoms with E-state index in [1.165, 1.54) is 56.0 Å². The van der Waals surface area contributed by atoms with Crippen molar-refractivity contribution in [3.63, 3.8) is 0 Å². The van der Waals surface area contributed by atoms with Crippen molar-refractivity contribution in [2.24, 2.45) is 0 Å². The fraction of sp³-hybridized carbons (Fsp3) is 0.344. The van der Waals surface area contributed by atoms with Crippen LogP contribution < -0.4 is 9.47 Å². The summed E-state index contributed by atoms with van der Waals surface area (Å²) in [5.41, 5.74) is 6.14. The molecule has 0 N–H and O–H groups in total. The second-order valence-corrected chi connectivity index (χ2v) is 9.39. The highest BCUT2D eigenvalue weighted by Gasteiger charge is 2.14. The number of esters is 1. The quantitative estimate of drug-likeness (QED) is 0.231. The molecule has 1 fully saturated rings. The van der Waals surface area contributed by atoms with Gasteiger partial charge in [0.2, 0.25) is 0 Å². The lowest BCUT2D eigenvalue weighted by Crippen LogP contribution is -2.33. The molecule has 1 aliphatic heterocycles. The van der Waals surface area contributed by atoms with Gasteiger partial charge in [0, 0.05) is 13.5 Å². The summed E-state index contributed by atoms with van der Waals surface area (Å²) in [5, 5.41) is 0. The summed E-state index contributed by atoms with van der Waals surface area (Å²) in [6.45, 7) is 7.71. The van der Waals surface area contributed by atoms with Gasteiger partial charge in [0.1, 0.15) is 18.1 Å². The highest BCUT2D eigenvalue weighted by molar-refractivity contribution is 5.83. The Kier molecular flexibility index (Phi) is 9.34. The van der Waals surface area contributed by atoms with Crippen LogP contribution in [0.4, 0.5) is 0 Å². The van der Waals surface area contributed by atoms with E-state index < -0.39 is 0 Å². The molecule has 0 radical (unpaired) electrons. The predicted molar refractivity (Wildman–Crippen MR) is 146 cm³/mol. The Hall–Kier alpha value is -3.37. The predicted octanol–water partition coefficient (Wildman–Crippen LogP) is 6.93. The van der Waals surface area contributed by atoms with Crippen molar-refractivity contribution in [3.8, 4) is 11.5 Å². The molecule has 4 nitrogen and oxygen atoms in total. The molecule has 0 aromatic heterocycles. The van der Waals surface area contributed by atoms with Crippen molar-refractivity contribution in [3.05, 3.63) is 101 Å². The molecule has 0 unspecified atom stereocenters. The second kappa shape index (κ2) is 13.1. The Morgan fingerprint density at radius 3 is 2.00 bits per heavy atom. The van der Waals surface area contributed by atoms with Gasteiger partial charge in [-0.1, -0.05) is 73.5 Å². The van der Waals surface area contributed by atoms with Crippen LogP contribution in [-0.4, -0.2) is 37.1 Å². The monoisotopic (exact) mass is 483 g/mol. The number of hydrogen-bond donors (Lipinski definition) is 0. The SMILES string of the molecule is CC/C(Cc1ccccc1)=C(\c1ccc(OCCN2CCCCC2)cc1)c1ccc(OC(C)=O)cc1. The minimum atomic E-state index is -0.312. The number of carbonyl (C=O) groups excluding carboxylic acids is 1. The maximum Gasteiger partial charge on any atom is 0.308 e. The van der Waals surface area contributed by atoms with Gasteiger partial charge in [-0.05, 0) is 85.3 Å². The first kappa shape index (κ1) is 25.7. The Labute approximate surface area is 215 Å². The number of allylic oxidation sites excluding steroid dienone is 1. The van der Waals surface area contributed by atoms with Crippen LogP contribution in [0, 0.1) is 0 Å². The van der Waals surface area contributed by atoms with Crippen LogP contribution in [-0.2, 0) is 11.2 Å². The van der Waals surface area contributed by atoms with Crippen LogP contribution in [0.5, 0.6) is 11.5 Å². The lowest BCUT2D eigenvalue weighted by atomic mass is 9.88. The van der Waals surface area contributed by atoms with Crippen molar-refractivity contribution >= 4 is 11.5 Å². The molecule has 0 bridgehead atoms. The Morgan fingerprint density at radius 1 is 0.806 bits per heavy atom. The number of piperidine rings is 1. The number of nitrogens with zero attached hydrogens (tertiary/aromatic N) is 1. The van der Waals surface area contributed by atoms with Crippen LogP contribution in [0.2, 0.25) is 0 Å². The molecule has 1 aliphatic rings. The highest BCUT2D eigenvalue weighted by atomic mass is 16.5. The number of carbonyl (C=O) groups is 1. The molecule has 3 aromatic rings. The average molecular weight is 484 g/mol. The number of ether oxygens (including phenoxy) is 2. The molecule has 3 aromatic carbocycles. The number of likely N-dealkylation sites (tertiary alicyclic amines) is 1. The number of benzene rings is 3. The third kappa shape index (κ3) is 7.32. The molecule has 0 spiro atoms. The summed E-state index contributed by atoms with van der Waals surface area (Å²) >= 11 is 0. The maximum absolute atomic E-state index is 11.4. The van der Waals surface area contributed by atoms with Crippen LogP contribution in [0.25, 0.3) is 5.57 Å². The van der Waals surface area contributed by atoms with E-state index in [9.17, 15) is 4.79 Å². The fourth-order valence-corrected chi connectivity index (χ4v) is 4.86. The molecule has 4 heteroatoms. The van der Waals surface area contributed by atoms with Gasteiger partial charge in [0.05, 0.1) is 0 Å². The molecular weight excluding hydrogens is 446 g/mol. The lowest BCUT2D eigenvalue weighted by molar-refractivity contribution is -0.131. The summed E-state index contributed by atoms with van der Waals surface area (Å²) in [7, 11) is 0. The van der Waals surface area contributed by atoms with Gasteiger partial charge in [-0.25, -0.2) is 0 Å². The lowest BCUT2D eigenvalue weighted by Gasteiger charge is -2.26. The maximum atomic E-state index is 11.4. The smallest absolute Gasteiger partial charge is 0.308 e. The Balaban J connectivity index is 1.57. The van der Waals surface area contributed by atoms with E-state index in [1.807, 2.05) is 24.3 Å². The van der Waals surface area contributed by atoms with Gasteiger partial charge in [-0.15, -0.1) is 0 Å². The molecule has 0 amide bonds. The van der Waals surface area contributed by atoms with Gasteiger partial charge in [-0.3, -0.25) is 9.69 Å². The van der Waals surface area contributed by atoms with E-state index in [-0.39, 0.29) is 5.97 Å². The number of hydrogen-bond acceptors (Lipinski definition) is 4. The summed E-state index contributed by atoms with van der Waals surface area (Å²) in [6.07, 6.45) is 5.77. The zero-order chi connectivity index (χ0) is 25.2. The summed E-state index contributed by atoms with van der Waals surface area (Å²) in [4.78, 5) is 13.9. The molecule has 4 rings (SSSR count). The van der Waals surface area contributed by atoms with Gasteiger partial charge >= 0.3 is 5.97 Å². The molecule has 1 saturated heterocycles. The minimum Gasteiger partial charge on any atom is -0.492 e. The highest BCUT2D eigenvalue weighted by Crippen LogP contribution is 2.32. The first-order chi connectivity index (χ1) is 17.6. The first-order valence-corrected chi connectivity index (χ1v) is 13.1.